The Hall–Kier alpha value is -2.76. The molecule has 0 radical (unpaired) electrons. The summed E-state index contributed by atoms with van der Waals surface area (Å²) in [6, 6.07) is 12.0. The van der Waals surface area contributed by atoms with Gasteiger partial charge < -0.3 is 20.1 Å². The van der Waals surface area contributed by atoms with Crippen LogP contribution >= 0.6 is 0 Å². The van der Waals surface area contributed by atoms with Gasteiger partial charge in [0.2, 0.25) is 0 Å². The highest BCUT2D eigenvalue weighted by molar-refractivity contribution is 5.94. The van der Waals surface area contributed by atoms with Crippen LogP contribution in [-0.4, -0.2) is 41.5 Å². The highest BCUT2D eigenvalue weighted by Crippen LogP contribution is 2.07. The van der Waals surface area contributed by atoms with Gasteiger partial charge in [-0.25, -0.2) is 0 Å². The van der Waals surface area contributed by atoms with Gasteiger partial charge >= 0.3 is 0 Å². The molecule has 1 unspecified atom stereocenters. The van der Waals surface area contributed by atoms with Crippen molar-refractivity contribution in [3.63, 3.8) is 0 Å². The maximum Gasteiger partial charge on any atom is 0.251 e. The van der Waals surface area contributed by atoms with Crippen molar-refractivity contribution < 1.29 is 4.79 Å². The van der Waals surface area contributed by atoms with Gasteiger partial charge in [-0.05, 0) is 43.2 Å². The first kappa shape index (κ1) is 20.6. The van der Waals surface area contributed by atoms with Crippen LogP contribution in [0.4, 0.5) is 0 Å². The van der Waals surface area contributed by atoms with Crippen molar-refractivity contribution in [3.05, 3.63) is 59.4 Å². The molecule has 6 nitrogen and oxygen atoms in total. The molecule has 0 aliphatic rings. The molecule has 2 rings (SSSR count). The normalized spacial score (nSPS) is 12.6. The van der Waals surface area contributed by atoms with Crippen LogP contribution in [0.2, 0.25) is 0 Å². The fraction of sp³-hybridized carbons (Fsp3) is 0.429. The summed E-state index contributed by atoms with van der Waals surface area (Å²) in [5.74, 6) is 0.780. The maximum atomic E-state index is 12.3. The lowest BCUT2D eigenvalue weighted by molar-refractivity contribution is 0.0939. The van der Waals surface area contributed by atoms with E-state index >= 15 is 0 Å². The molecule has 1 amide bonds. The van der Waals surface area contributed by atoms with Gasteiger partial charge in [0.05, 0.1) is 6.54 Å². The number of amides is 1. The molecule has 0 bridgehead atoms. The molecule has 0 saturated heterocycles. The predicted molar refractivity (Wildman–Crippen MR) is 111 cm³/mol. The molecule has 27 heavy (non-hydrogen) atoms. The van der Waals surface area contributed by atoms with Gasteiger partial charge in [0.15, 0.2) is 5.96 Å². The Morgan fingerprint density at radius 1 is 1.30 bits per heavy atom. The summed E-state index contributed by atoms with van der Waals surface area (Å²) in [5, 5.41) is 6.37. The summed E-state index contributed by atoms with van der Waals surface area (Å²) >= 11 is 0. The molecule has 6 heteroatoms. The minimum absolute atomic E-state index is 0.0311. The van der Waals surface area contributed by atoms with E-state index in [1.807, 2.05) is 57.5 Å². The Labute approximate surface area is 162 Å². The van der Waals surface area contributed by atoms with Gasteiger partial charge in [-0.2, -0.15) is 0 Å². The fourth-order valence-electron chi connectivity index (χ4n) is 2.78. The summed E-state index contributed by atoms with van der Waals surface area (Å²) in [6.45, 7) is 5.44. The molecule has 2 N–H and O–H groups in total. The predicted octanol–water partition coefficient (Wildman–Crippen LogP) is 2.76. The van der Waals surface area contributed by atoms with E-state index in [0.717, 1.165) is 24.5 Å². The summed E-state index contributed by atoms with van der Waals surface area (Å²) in [4.78, 5) is 18.8. The number of carbonyl (C=O) groups is 1. The number of rotatable bonds is 7. The van der Waals surface area contributed by atoms with Crippen LogP contribution in [0.5, 0.6) is 0 Å². The second kappa shape index (κ2) is 9.80. The Morgan fingerprint density at radius 2 is 2.07 bits per heavy atom. The number of guanidine groups is 1. The number of aryl methyl sites for hydroxylation is 1. The lowest BCUT2D eigenvalue weighted by Crippen LogP contribution is -2.38. The molecule has 1 heterocycles. The number of benzene rings is 1. The van der Waals surface area contributed by atoms with Crippen molar-refractivity contribution in [1.29, 1.82) is 0 Å². The first-order valence-electron chi connectivity index (χ1n) is 9.36. The van der Waals surface area contributed by atoms with E-state index in [2.05, 4.69) is 38.1 Å². The first-order valence-corrected chi connectivity index (χ1v) is 9.36. The molecule has 1 aromatic heterocycles. The van der Waals surface area contributed by atoms with Gasteiger partial charge in [0.1, 0.15) is 0 Å². The van der Waals surface area contributed by atoms with Gasteiger partial charge in [-0.3, -0.25) is 9.79 Å². The SMILES string of the molecule is CCC(C)NC(=O)c1cccc(CNC(=NC)N(C)Cc2cccn2C)c1. The van der Waals surface area contributed by atoms with Gasteiger partial charge in [-0.1, -0.05) is 19.1 Å². The molecular weight excluding hydrogens is 338 g/mol. The molecule has 1 atom stereocenters. The van der Waals surface area contributed by atoms with Crippen LogP contribution in [0.25, 0.3) is 0 Å². The third-order valence-corrected chi connectivity index (χ3v) is 4.65. The molecule has 0 fully saturated rings. The van der Waals surface area contributed by atoms with Crippen molar-refractivity contribution in [3.8, 4) is 0 Å². The van der Waals surface area contributed by atoms with E-state index in [0.29, 0.717) is 12.1 Å². The van der Waals surface area contributed by atoms with E-state index in [4.69, 9.17) is 0 Å². The minimum atomic E-state index is -0.0311. The largest absolute Gasteiger partial charge is 0.353 e. The van der Waals surface area contributed by atoms with Crippen molar-refractivity contribution in [2.75, 3.05) is 14.1 Å². The minimum Gasteiger partial charge on any atom is -0.353 e. The zero-order valence-electron chi connectivity index (χ0n) is 17.0. The fourth-order valence-corrected chi connectivity index (χ4v) is 2.78. The van der Waals surface area contributed by atoms with Crippen LogP contribution in [0, 0.1) is 0 Å². The number of hydrogen-bond acceptors (Lipinski definition) is 2. The van der Waals surface area contributed by atoms with Crippen molar-refractivity contribution in [2.45, 2.75) is 39.4 Å². The van der Waals surface area contributed by atoms with E-state index in [-0.39, 0.29) is 11.9 Å². The van der Waals surface area contributed by atoms with Gasteiger partial charge in [-0.15, -0.1) is 0 Å². The number of hydrogen-bond donors (Lipinski definition) is 2. The molecule has 1 aromatic carbocycles. The standard InChI is InChI=1S/C21H31N5O/c1-6-16(2)24-20(27)18-10-7-9-17(13-18)14-23-21(22-3)26(5)15-19-11-8-12-25(19)4/h7-13,16H,6,14-15H2,1-5H3,(H,22,23)(H,24,27). The van der Waals surface area contributed by atoms with Gasteiger partial charge in [0.25, 0.3) is 5.91 Å². The van der Waals surface area contributed by atoms with Crippen molar-refractivity contribution >= 4 is 11.9 Å². The summed E-state index contributed by atoms with van der Waals surface area (Å²) in [6.07, 6.45) is 2.95. The van der Waals surface area contributed by atoms with Crippen molar-refractivity contribution in [2.24, 2.45) is 12.0 Å². The van der Waals surface area contributed by atoms with E-state index in [1.165, 1.54) is 5.69 Å². The van der Waals surface area contributed by atoms with Crippen LogP contribution < -0.4 is 10.6 Å². The molecule has 0 spiro atoms. The number of nitrogens with zero attached hydrogens (tertiary/aromatic N) is 3. The van der Waals surface area contributed by atoms with E-state index < -0.39 is 0 Å². The van der Waals surface area contributed by atoms with E-state index in [9.17, 15) is 4.79 Å². The number of carbonyl (C=O) groups excluding carboxylic acids is 1. The summed E-state index contributed by atoms with van der Waals surface area (Å²) < 4.78 is 2.10. The number of aromatic nitrogens is 1. The number of aliphatic imine (C=N–C) groups is 1. The maximum absolute atomic E-state index is 12.3. The quantitative estimate of drug-likeness (QED) is 0.583. The Bertz CT molecular complexity index is 780. The lowest BCUT2D eigenvalue weighted by Gasteiger charge is -2.22. The monoisotopic (exact) mass is 369 g/mol. The van der Waals surface area contributed by atoms with Crippen LogP contribution in [0.15, 0.2) is 47.6 Å². The van der Waals surface area contributed by atoms with E-state index in [1.54, 1.807) is 7.05 Å². The Morgan fingerprint density at radius 3 is 2.70 bits per heavy atom. The Kier molecular flexibility index (Phi) is 7.46. The average Bonchev–Trinajstić information content (AvgIpc) is 3.06. The van der Waals surface area contributed by atoms with Crippen LogP contribution in [0.1, 0.15) is 41.9 Å². The average molecular weight is 370 g/mol. The van der Waals surface area contributed by atoms with Crippen LogP contribution in [-0.2, 0) is 20.1 Å². The first-order chi connectivity index (χ1) is 12.9. The molecule has 2 aromatic rings. The smallest absolute Gasteiger partial charge is 0.251 e. The molecule has 0 aliphatic heterocycles. The van der Waals surface area contributed by atoms with Gasteiger partial charge in [0, 0.05) is 51.2 Å². The van der Waals surface area contributed by atoms with Crippen LogP contribution in [0.3, 0.4) is 0 Å². The second-order valence-electron chi connectivity index (χ2n) is 6.85. The Balaban J connectivity index is 1.97. The molecule has 146 valence electrons. The highest BCUT2D eigenvalue weighted by atomic mass is 16.1. The van der Waals surface area contributed by atoms with Crippen molar-refractivity contribution in [1.82, 2.24) is 20.1 Å². The molecule has 0 aliphatic carbocycles. The topological polar surface area (TPSA) is 61.7 Å². The zero-order chi connectivity index (χ0) is 19.8. The zero-order valence-corrected chi connectivity index (χ0v) is 17.0. The summed E-state index contributed by atoms with van der Waals surface area (Å²) in [5.41, 5.74) is 2.94. The lowest BCUT2D eigenvalue weighted by atomic mass is 10.1. The third-order valence-electron chi connectivity index (χ3n) is 4.65. The highest BCUT2D eigenvalue weighted by Gasteiger charge is 2.11. The summed E-state index contributed by atoms with van der Waals surface area (Å²) in [7, 11) is 5.83. The number of nitrogens with one attached hydrogen (secondary N) is 2. The third kappa shape index (κ3) is 5.88. The molecule has 0 saturated carbocycles. The molecular formula is C21H31N5O. The second-order valence-corrected chi connectivity index (χ2v) is 6.85.